The molecule has 5 heteroatoms. The number of nitrogens with zero attached hydrogens (tertiary/aromatic N) is 2. The second kappa shape index (κ2) is 7.78. The molecule has 5 nitrogen and oxygen atoms in total. The van der Waals surface area contributed by atoms with Crippen LogP contribution >= 0.6 is 0 Å². The molecule has 3 aliphatic rings. The molecule has 2 heterocycles. The van der Waals surface area contributed by atoms with Gasteiger partial charge in [-0.25, -0.2) is 0 Å². The van der Waals surface area contributed by atoms with Crippen LogP contribution in [0, 0.1) is 0 Å². The molecule has 0 spiro atoms. The van der Waals surface area contributed by atoms with Gasteiger partial charge in [-0.3, -0.25) is 14.5 Å². The van der Waals surface area contributed by atoms with E-state index in [1.807, 2.05) is 4.90 Å². The lowest BCUT2D eigenvalue weighted by Crippen LogP contribution is -2.60. The van der Waals surface area contributed by atoms with Gasteiger partial charge in [-0.05, 0) is 36.8 Å². The first-order valence-electron chi connectivity index (χ1n) is 10.1. The molecule has 0 saturated carbocycles. The topological polar surface area (TPSA) is 52.7 Å². The van der Waals surface area contributed by atoms with Crippen molar-refractivity contribution >= 4 is 11.8 Å². The SMILES string of the molecule is O=C1NCCN(C2Cc3ccccc3C2)C1CC(=O)N1CCCCCC1. The Hall–Kier alpha value is -1.88. The van der Waals surface area contributed by atoms with Crippen LogP contribution in [0.5, 0.6) is 0 Å². The van der Waals surface area contributed by atoms with Gasteiger partial charge in [0.25, 0.3) is 0 Å². The van der Waals surface area contributed by atoms with E-state index >= 15 is 0 Å². The van der Waals surface area contributed by atoms with Crippen molar-refractivity contribution in [2.75, 3.05) is 26.2 Å². The molecule has 0 bridgehead atoms. The van der Waals surface area contributed by atoms with E-state index in [0.29, 0.717) is 19.0 Å². The van der Waals surface area contributed by atoms with E-state index in [0.717, 1.165) is 45.3 Å². The highest BCUT2D eigenvalue weighted by atomic mass is 16.2. The maximum atomic E-state index is 12.9. The molecular weight excluding hydrogens is 326 g/mol. The summed E-state index contributed by atoms with van der Waals surface area (Å²) in [4.78, 5) is 29.7. The average molecular weight is 355 g/mol. The molecule has 140 valence electrons. The van der Waals surface area contributed by atoms with Gasteiger partial charge in [0.15, 0.2) is 0 Å². The second-order valence-corrected chi connectivity index (χ2v) is 7.87. The third-order valence-corrected chi connectivity index (χ3v) is 6.20. The van der Waals surface area contributed by atoms with E-state index < -0.39 is 0 Å². The zero-order valence-corrected chi connectivity index (χ0v) is 15.5. The van der Waals surface area contributed by atoms with E-state index in [1.54, 1.807) is 0 Å². The summed E-state index contributed by atoms with van der Waals surface area (Å²) in [6.07, 6.45) is 6.88. The van der Waals surface area contributed by atoms with Crippen molar-refractivity contribution in [1.82, 2.24) is 15.1 Å². The Morgan fingerprint density at radius 1 is 1.00 bits per heavy atom. The molecule has 4 rings (SSSR count). The highest BCUT2D eigenvalue weighted by Gasteiger charge is 2.38. The number of nitrogens with one attached hydrogen (secondary N) is 1. The third kappa shape index (κ3) is 3.63. The quantitative estimate of drug-likeness (QED) is 0.899. The Morgan fingerprint density at radius 3 is 2.31 bits per heavy atom. The smallest absolute Gasteiger partial charge is 0.237 e. The van der Waals surface area contributed by atoms with E-state index in [2.05, 4.69) is 34.5 Å². The van der Waals surface area contributed by atoms with Crippen LogP contribution in [-0.2, 0) is 22.4 Å². The van der Waals surface area contributed by atoms with Crippen molar-refractivity contribution in [1.29, 1.82) is 0 Å². The van der Waals surface area contributed by atoms with Gasteiger partial charge in [0.05, 0.1) is 12.5 Å². The summed E-state index contributed by atoms with van der Waals surface area (Å²) < 4.78 is 0. The van der Waals surface area contributed by atoms with Crippen LogP contribution in [0.1, 0.15) is 43.2 Å². The van der Waals surface area contributed by atoms with Crippen LogP contribution in [0.25, 0.3) is 0 Å². The van der Waals surface area contributed by atoms with E-state index in [1.165, 1.54) is 24.0 Å². The second-order valence-electron chi connectivity index (χ2n) is 7.87. The summed E-state index contributed by atoms with van der Waals surface area (Å²) in [5, 5.41) is 2.98. The maximum absolute atomic E-state index is 12.9. The van der Waals surface area contributed by atoms with Crippen LogP contribution in [-0.4, -0.2) is 59.9 Å². The number of hydrogen-bond donors (Lipinski definition) is 1. The van der Waals surface area contributed by atoms with Crippen LogP contribution in [0.4, 0.5) is 0 Å². The minimum absolute atomic E-state index is 0.0235. The molecule has 1 N–H and O–H groups in total. The van der Waals surface area contributed by atoms with Gasteiger partial charge >= 0.3 is 0 Å². The number of piperazine rings is 1. The highest BCUT2D eigenvalue weighted by Crippen LogP contribution is 2.28. The molecule has 1 unspecified atom stereocenters. The van der Waals surface area contributed by atoms with Gasteiger partial charge in [0.1, 0.15) is 0 Å². The Morgan fingerprint density at radius 2 is 1.65 bits per heavy atom. The van der Waals surface area contributed by atoms with Crippen molar-refractivity contribution < 1.29 is 9.59 Å². The van der Waals surface area contributed by atoms with Crippen LogP contribution in [0.15, 0.2) is 24.3 Å². The van der Waals surface area contributed by atoms with Gasteiger partial charge in [-0.2, -0.15) is 0 Å². The first-order valence-corrected chi connectivity index (χ1v) is 10.1. The fourth-order valence-electron chi connectivity index (χ4n) is 4.76. The zero-order chi connectivity index (χ0) is 17.9. The maximum Gasteiger partial charge on any atom is 0.237 e. The highest BCUT2D eigenvalue weighted by molar-refractivity contribution is 5.89. The standard InChI is InChI=1S/C21H29N3O2/c25-20(23-10-5-1-2-6-11-23)15-19-21(26)22-9-12-24(19)18-13-16-7-3-4-8-17(16)14-18/h3-4,7-8,18-19H,1-2,5-6,9-15H2,(H,22,26). The number of amides is 2. The number of hydrogen-bond acceptors (Lipinski definition) is 3. The van der Waals surface area contributed by atoms with Gasteiger partial charge in [0.2, 0.25) is 11.8 Å². The molecule has 26 heavy (non-hydrogen) atoms. The minimum Gasteiger partial charge on any atom is -0.353 e. The Kier molecular flexibility index (Phi) is 5.25. The van der Waals surface area contributed by atoms with Crippen molar-refractivity contribution in [2.24, 2.45) is 0 Å². The van der Waals surface area contributed by atoms with E-state index in [4.69, 9.17) is 0 Å². The number of fused-ring (bicyclic) bond motifs is 1. The molecule has 2 saturated heterocycles. The molecule has 1 aliphatic carbocycles. The van der Waals surface area contributed by atoms with Crippen molar-refractivity contribution in [3.63, 3.8) is 0 Å². The van der Waals surface area contributed by atoms with Crippen LogP contribution < -0.4 is 5.32 Å². The fraction of sp³-hybridized carbons (Fsp3) is 0.619. The summed E-state index contributed by atoms with van der Waals surface area (Å²) in [5.41, 5.74) is 2.78. The lowest BCUT2D eigenvalue weighted by atomic mass is 10.0. The molecule has 2 amide bonds. The van der Waals surface area contributed by atoms with Gasteiger partial charge in [-0.1, -0.05) is 37.1 Å². The molecule has 1 aromatic rings. The predicted octanol–water partition coefficient (Wildman–Crippen LogP) is 1.75. The summed E-state index contributed by atoms with van der Waals surface area (Å²) in [6.45, 7) is 3.21. The van der Waals surface area contributed by atoms with Crippen LogP contribution in [0.2, 0.25) is 0 Å². The molecule has 2 fully saturated rings. The zero-order valence-electron chi connectivity index (χ0n) is 15.5. The van der Waals surface area contributed by atoms with Gasteiger partial charge in [0, 0.05) is 32.2 Å². The number of benzene rings is 1. The van der Waals surface area contributed by atoms with Crippen LogP contribution in [0.3, 0.4) is 0 Å². The molecular formula is C21H29N3O2. The monoisotopic (exact) mass is 355 g/mol. The number of carbonyl (C=O) groups is 2. The summed E-state index contributed by atoms with van der Waals surface area (Å²) in [7, 11) is 0. The summed E-state index contributed by atoms with van der Waals surface area (Å²) >= 11 is 0. The average Bonchev–Trinajstić information content (AvgIpc) is 2.88. The first-order chi connectivity index (χ1) is 12.7. The van der Waals surface area contributed by atoms with Crippen molar-refractivity contribution in [3.05, 3.63) is 35.4 Å². The fourth-order valence-corrected chi connectivity index (χ4v) is 4.76. The summed E-state index contributed by atoms with van der Waals surface area (Å²) in [5.74, 6) is 0.171. The molecule has 0 radical (unpaired) electrons. The van der Waals surface area contributed by atoms with E-state index in [-0.39, 0.29) is 17.9 Å². The third-order valence-electron chi connectivity index (χ3n) is 6.20. The number of carbonyl (C=O) groups excluding carboxylic acids is 2. The molecule has 2 aliphatic heterocycles. The number of likely N-dealkylation sites (tertiary alicyclic amines) is 1. The molecule has 0 aromatic heterocycles. The molecule has 1 aromatic carbocycles. The lowest BCUT2D eigenvalue weighted by molar-refractivity contribution is -0.139. The largest absolute Gasteiger partial charge is 0.353 e. The molecule has 1 atom stereocenters. The Balaban J connectivity index is 1.45. The minimum atomic E-state index is -0.321. The predicted molar refractivity (Wildman–Crippen MR) is 101 cm³/mol. The van der Waals surface area contributed by atoms with Gasteiger partial charge < -0.3 is 10.2 Å². The van der Waals surface area contributed by atoms with Gasteiger partial charge in [-0.15, -0.1) is 0 Å². The van der Waals surface area contributed by atoms with E-state index in [9.17, 15) is 9.59 Å². The Labute approximate surface area is 155 Å². The number of rotatable bonds is 3. The first kappa shape index (κ1) is 17.5. The lowest BCUT2D eigenvalue weighted by Gasteiger charge is -2.39. The van der Waals surface area contributed by atoms with Crippen molar-refractivity contribution in [3.8, 4) is 0 Å². The summed E-state index contributed by atoms with van der Waals surface area (Å²) in [6, 6.07) is 8.57. The van der Waals surface area contributed by atoms with Crippen molar-refractivity contribution in [2.45, 2.75) is 57.0 Å². The normalized spacial score (nSPS) is 24.8. The Bertz CT molecular complexity index is 642.